The minimum absolute atomic E-state index is 0.337. The van der Waals surface area contributed by atoms with Crippen LogP contribution in [0.3, 0.4) is 0 Å². The van der Waals surface area contributed by atoms with Crippen LogP contribution in [-0.4, -0.2) is 19.3 Å². The van der Waals surface area contributed by atoms with E-state index in [0.29, 0.717) is 11.6 Å². The van der Waals surface area contributed by atoms with Crippen LogP contribution >= 0.6 is 0 Å². The lowest BCUT2D eigenvalue weighted by Gasteiger charge is -2.24. The number of rotatable bonds is 2. The van der Waals surface area contributed by atoms with Crippen LogP contribution in [0.25, 0.3) is 0 Å². The molecule has 2 rings (SSSR count). The van der Waals surface area contributed by atoms with E-state index in [4.69, 9.17) is 10.00 Å². The van der Waals surface area contributed by atoms with E-state index in [1.165, 1.54) is 0 Å². The second-order valence-corrected chi connectivity index (χ2v) is 4.22. The molecule has 1 fully saturated rings. The van der Waals surface area contributed by atoms with Gasteiger partial charge in [-0.2, -0.15) is 5.26 Å². The summed E-state index contributed by atoms with van der Waals surface area (Å²) in [6.07, 6.45) is 2.20. The second kappa shape index (κ2) is 5.00. The Labute approximate surface area is 96.0 Å². The predicted octanol–water partition coefficient (Wildman–Crippen LogP) is 2.46. The van der Waals surface area contributed by atoms with Crippen molar-refractivity contribution in [1.82, 2.24) is 0 Å². The normalized spacial score (nSPS) is 20.1. The summed E-state index contributed by atoms with van der Waals surface area (Å²) in [4.78, 5) is 0. The summed E-state index contributed by atoms with van der Waals surface area (Å²) in [6, 6.07) is 8.46. The number of anilines is 1. The fourth-order valence-corrected chi connectivity index (χ4v) is 1.95. The lowest BCUT2D eigenvalue weighted by Crippen LogP contribution is -2.30. The monoisotopic (exact) mass is 216 g/mol. The van der Waals surface area contributed by atoms with Gasteiger partial charge in [-0.15, -0.1) is 0 Å². The van der Waals surface area contributed by atoms with Crippen LogP contribution in [0.2, 0.25) is 0 Å². The lowest BCUT2D eigenvalue weighted by molar-refractivity contribution is 0.0876. The summed E-state index contributed by atoms with van der Waals surface area (Å²) in [7, 11) is 0. The zero-order valence-electron chi connectivity index (χ0n) is 9.49. The summed E-state index contributed by atoms with van der Waals surface area (Å²) < 4.78 is 5.41. The highest BCUT2D eigenvalue weighted by atomic mass is 16.5. The fourth-order valence-electron chi connectivity index (χ4n) is 1.95. The van der Waals surface area contributed by atoms with E-state index >= 15 is 0 Å². The number of nitrogens with zero attached hydrogens (tertiary/aromatic N) is 1. The van der Waals surface area contributed by atoms with Crippen LogP contribution in [0.5, 0.6) is 0 Å². The van der Waals surface area contributed by atoms with Crippen molar-refractivity contribution in [1.29, 1.82) is 5.26 Å². The lowest BCUT2D eigenvalue weighted by atomic mass is 10.1. The van der Waals surface area contributed by atoms with E-state index in [0.717, 1.165) is 37.3 Å². The molecule has 1 unspecified atom stereocenters. The summed E-state index contributed by atoms with van der Waals surface area (Å²) in [6.45, 7) is 3.59. The molecular formula is C13H16N2O. The Morgan fingerprint density at radius 1 is 1.50 bits per heavy atom. The third-order valence-corrected chi connectivity index (χ3v) is 2.82. The molecule has 1 aliphatic heterocycles. The molecule has 3 heteroatoms. The average Bonchev–Trinajstić information content (AvgIpc) is 2.33. The van der Waals surface area contributed by atoms with E-state index in [2.05, 4.69) is 11.4 Å². The first-order valence-corrected chi connectivity index (χ1v) is 5.64. The highest BCUT2D eigenvalue weighted by Gasteiger charge is 2.14. The molecule has 0 radical (unpaired) electrons. The molecule has 1 saturated heterocycles. The molecule has 0 amide bonds. The maximum atomic E-state index is 9.05. The first-order chi connectivity index (χ1) is 7.79. The number of aryl methyl sites for hydroxylation is 1. The Balaban J connectivity index is 2.11. The number of hydrogen-bond donors (Lipinski definition) is 1. The third-order valence-electron chi connectivity index (χ3n) is 2.82. The third kappa shape index (κ3) is 2.53. The number of benzene rings is 1. The Bertz CT molecular complexity index is 403. The topological polar surface area (TPSA) is 45.0 Å². The van der Waals surface area contributed by atoms with Gasteiger partial charge in [-0.25, -0.2) is 0 Å². The van der Waals surface area contributed by atoms with Crippen LogP contribution in [0, 0.1) is 18.3 Å². The molecular weight excluding hydrogens is 200 g/mol. The van der Waals surface area contributed by atoms with Crippen molar-refractivity contribution in [2.24, 2.45) is 0 Å². The van der Waals surface area contributed by atoms with Crippen LogP contribution in [0.1, 0.15) is 24.0 Å². The van der Waals surface area contributed by atoms with E-state index in [1.807, 2.05) is 25.1 Å². The van der Waals surface area contributed by atoms with Crippen molar-refractivity contribution in [3.63, 3.8) is 0 Å². The number of ether oxygens (including phenoxy) is 1. The summed E-state index contributed by atoms with van der Waals surface area (Å²) >= 11 is 0. The quantitative estimate of drug-likeness (QED) is 0.826. The molecule has 1 aliphatic rings. The van der Waals surface area contributed by atoms with Gasteiger partial charge in [0, 0.05) is 12.6 Å². The Hall–Kier alpha value is -1.53. The van der Waals surface area contributed by atoms with Crippen molar-refractivity contribution >= 4 is 5.69 Å². The van der Waals surface area contributed by atoms with E-state index in [1.54, 1.807) is 0 Å². The van der Waals surface area contributed by atoms with Gasteiger partial charge in [0.2, 0.25) is 0 Å². The molecule has 3 nitrogen and oxygen atoms in total. The SMILES string of the molecule is Cc1ccc(NC2CCCOC2)c(C#N)c1. The number of nitrogens with one attached hydrogen (secondary N) is 1. The molecule has 0 aliphatic carbocycles. The maximum Gasteiger partial charge on any atom is 0.101 e. The molecule has 84 valence electrons. The Kier molecular flexibility index (Phi) is 3.43. The van der Waals surface area contributed by atoms with Gasteiger partial charge in [-0.3, -0.25) is 0 Å². The van der Waals surface area contributed by atoms with E-state index in [9.17, 15) is 0 Å². The van der Waals surface area contributed by atoms with E-state index < -0.39 is 0 Å². The highest BCUT2D eigenvalue weighted by Crippen LogP contribution is 2.19. The summed E-state index contributed by atoms with van der Waals surface area (Å²) in [5.74, 6) is 0. The predicted molar refractivity (Wildman–Crippen MR) is 63.4 cm³/mol. The minimum atomic E-state index is 0.337. The van der Waals surface area contributed by atoms with Crippen molar-refractivity contribution in [3.8, 4) is 6.07 Å². The van der Waals surface area contributed by atoms with Gasteiger partial charge in [0.15, 0.2) is 0 Å². The van der Waals surface area contributed by atoms with Crippen LogP contribution in [-0.2, 0) is 4.74 Å². The van der Waals surface area contributed by atoms with Crippen LogP contribution in [0.4, 0.5) is 5.69 Å². The minimum Gasteiger partial charge on any atom is -0.379 e. The standard InChI is InChI=1S/C13H16N2O/c1-10-4-5-13(11(7-10)8-14)15-12-3-2-6-16-9-12/h4-5,7,12,15H,2-3,6,9H2,1H3. The fraction of sp³-hybridized carbons (Fsp3) is 0.462. The molecule has 16 heavy (non-hydrogen) atoms. The zero-order valence-corrected chi connectivity index (χ0v) is 9.49. The molecule has 0 saturated carbocycles. The first-order valence-electron chi connectivity index (χ1n) is 5.64. The van der Waals surface area contributed by atoms with Gasteiger partial charge >= 0.3 is 0 Å². The molecule has 0 bridgehead atoms. The summed E-state index contributed by atoms with van der Waals surface area (Å²) in [5.41, 5.74) is 2.75. The van der Waals surface area contributed by atoms with Crippen molar-refractivity contribution < 1.29 is 4.74 Å². The molecule has 1 aromatic rings. The van der Waals surface area contributed by atoms with E-state index in [-0.39, 0.29) is 0 Å². The number of hydrogen-bond acceptors (Lipinski definition) is 3. The van der Waals surface area contributed by atoms with Gasteiger partial charge < -0.3 is 10.1 Å². The van der Waals surface area contributed by atoms with Gasteiger partial charge in [0.05, 0.1) is 17.9 Å². The van der Waals surface area contributed by atoms with Crippen LogP contribution in [0.15, 0.2) is 18.2 Å². The van der Waals surface area contributed by atoms with Gasteiger partial charge in [-0.1, -0.05) is 6.07 Å². The second-order valence-electron chi connectivity index (χ2n) is 4.22. The van der Waals surface area contributed by atoms with Crippen LogP contribution < -0.4 is 5.32 Å². The van der Waals surface area contributed by atoms with Gasteiger partial charge in [0.25, 0.3) is 0 Å². The van der Waals surface area contributed by atoms with Crippen molar-refractivity contribution in [3.05, 3.63) is 29.3 Å². The number of nitriles is 1. The Morgan fingerprint density at radius 3 is 3.06 bits per heavy atom. The molecule has 0 aromatic heterocycles. The Morgan fingerprint density at radius 2 is 2.38 bits per heavy atom. The first kappa shape index (κ1) is 11.0. The molecule has 1 heterocycles. The molecule has 1 atom stereocenters. The smallest absolute Gasteiger partial charge is 0.101 e. The highest BCUT2D eigenvalue weighted by molar-refractivity contribution is 5.59. The van der Waals surface area contributed by atoms with Crippen molar-refractivity contribution in [2.45, 2.75) is 25.8 Å². The summed E-state index contributed by atoms with van der Waals surface area (Å²) in [5, 5.41) is 12.4. The maximum absolute atomic E-state index is 9.05. The average molecular weight is 216 g/mol. The molecule has 0 spiro atoms. The van der Waals surface area contributed by atoms with Gasteiger partial charge in [0.1, 0.15) is 6.07 Å². The van der Waals surface area contributed by atoms with Gasteiger partial charge in [-0.05, 0) is 37.5 Å². The molecule has 1 N–H and O–H groups in total. The zero-order chi connectivity index (χ0) is 11.4. The molecule has 1 aromatic carbocycles. The van der Waals surface area contributed by atoms with Crippen molar-refractivity contribution in [2.75, 3.05) is 18.5 Å². The largest absolute Gasteiger partial charge is 0.379 e.